The molecule has 1 aromatic carbocycles. The normalized spacial score (nSPS) is 22.9. The molecule has 0 spiro atoms. The van der Waals surface area contributed by atoms with Crippen molar-refractivity contribution in [3.63, 3.8) is 0 Å². The summed E-state index contributed by atoms with van der Waals surface area (Å²) in [6.45, 7) is 5.08. The Labute approximate surface area is 215 Å². The summed E-state index contributed by atoms with van der Waals surface area (Å²) in [5.41, 5.74) is 1.62. The van der Waals surface area contributed by atoms with Crippen molar-refractivity contribution in [3.8, 4) is 0 Å². The first-order valence-electron chi connectivity index (χ1n) is 12.5. The molecule has 2 aromatic rings. The van der Waals surface area contributed by atoms with Crippen LogP contribution in [-0.4, -0.2) is 71.3 Å². The average molecular weight is 516 g/mol. The lowest BCUT2D eigenvalue weighted by Gasteiger charge is -2.42. The summed E-state index contributed by atoms with van der Waals surface area (Å²) in [5, 5.41) is 6.31. The summed E-state index contributed by atoms with van der Waals surface area (Å²) in [5.74, 6) is -0.0206. The molecule has 0 radical (unpaired) electrons. The standard InChI is InChI=1S/C26H34FN5O3S/c1-16-24(17(2)33)36-26(28-16)30-25(35)29-22-7-5-4-6-19(22)13-32-14-21(31(3)23(34)15-32)12-18-8-10-20(27)11-9-18/h8-11,19,21-22H,4-7,12-15H2,1-3H3,(H2,28,29,30,35)/t19-,21-,22+/m0/s1. The summed E-state index contributed by atoms with van der Waals surface area (Å²) in [6.07, 6.45) is 4.68. The molecule has 2 heterocycles. The molecule has 1 aliphatic heterocycles. The zero-order chi connectivity index (χ0) is 25.8. The third-order valence-corrected chi connectivity index (χ3v) is 8.38. The second-order valence-corrected chi connectivity index (χ2v) is 10.9. The second-order valence-electron chi connectivity index (χ2n) is 9.92. The zero-order valence-electron chi connectivity index (χ0n) is 21.1. The van der Waals surface area contributed by atoms with Crippen LogP contribution in [0.1, 0.15) is 53.5 Å². The number of urea groups is 1. The van der Waals surface area contributed by atoms with Crippen molar-refractivity contribution in [1.82, 2.24) is 20.1 Å². The van der Waals surface area contributed by atoms with E-state index < -0.39 is 0 Å². The van der Waals surface area contributed by atoms with Crippen LogP contribution in [-0.2, 0) is 11.2 Å². The molecule has 8 nitrogen and oxygen atoms in total. The molecular formula is C26H34FN5O3S. The summed E-state index contributed by atoms with van der Waals surface area (Å²) >= 11 is 1.19. The number of likely N-dealkylation sites (N-methyl/N-ethyl adjacent to an activating group) is 1. The highest BCUT2D eigenvalue weighted by molar-refractivity contribution is 7.17. The van der Waals surface area contributed by atoms with Gasteiger partial charge in [0.2, 0.25) is 5.91 Å². The third kappa shape index (κ3) is 6.47. The Morgan fingerprint density at radius 3 is 2.61 bits per heavy atom. The molecule has 4 rings (SSSR count). The Bertz CT molecular complexity index is 1110. The largest absolute Gasteiger partial charge is 0.340 e. The van der Waals surface area contributed by atoms with Crippen LogP contribution in [0.3, 0.4) is 0 Å². The predicted molar refractivity (Wildman–Crippen MR) is 138 cm³/mol. The number of benzene rings is 1. The number of amides is 3. The molecule has 194 valence electrons. The van der Waals surface area contributed by atoms with Crippen molar-refractivity contribution < 1.29 is 18.8 Å². The summed E-state index contributed by atoms with van der Waals surface area (Å²) in [7, 11) is 1.83. The quantitative estimate of drug-likeness (QED) is 0.546. The molecule has 1 saturated carbocycles. The van der Waals surface area contributed by atoms with Gasteiger partial charge in [-0.05, 0) is 49.8 Å². The van der Waals surface area contributed by atoms with E-state index in [1.54, 1.807) is 24.0 Å². The molecular weight excluding hydrogens is 481 g/mol. The number of carbonyl (C=O) groups excluding carboxylic acids is 3. The van der Waals surface area contributed by atoms with Gasteiger partial charge in [-0.25, -0.2) is 14.2 Å². The number of carbonyl (C=O) groups is 3. The number of anilines is 1. The first-order valence-corrected chi connectivity index (χ1v) is 13.3. The third-order valence-electron chi connectivity index (χ3n) is 7.21. The minimum absolute atomic E-state index is 0.00241. The van der Waals surface area contributed by atoms with Crippen LogP contribution in [0.4, 0.5) is 14.3 Å². The lowest BCUT2D eigenvalue weighted by molar-refractivity contribution is -0.138. The number of nitrogens with zero attached hydrogens (tertiary/aromatic N) is 3. The van der Waals surface area contributed by atoms with E-state index in [9.17, 15) is 18.8 Å². The van der Waals surface area contributed by atoms with Crippen LogP contribution in [0.15, 0.2) is 24.3 Å². The van der Waals surface area contributed by atoms with Crippen LogP contribution in [0.2, 0.25) is 0 Å². The molecule has 1 saturated heterocycles. The first-order chi connectivity index (χ1) is 17.2. The highest BCUT2D eigenvalue weighted by atomic mass is 32.1. The van der Waals surface area contributed by atoms with Gasteiger partial charge in [0.15, 0.2) is 10.9 Å². The summed E-state index contributed by atoms with van der Waals surface area (Å²) in [6, 6.07) is 6.14. The van der Waals surface area contributed by atoms with Gasteiger partial charge in [-0.2, -0.15) is 0 Å². The van der Waals surface area contributed by atoms with Crippen LogP contribution < -0.4 is 10.6 Å². The van der Waals surface area contributed by atoms with Gasteiger partial charge in [0.25, 0.3) is 0 Å². The van der Waals surface area contributed by atoms with Crippen molar-refractivity contribution in [1.29, 1.82) is 0 Å². The highest BCUT2D eigenvalue weighted by Gasteiger charge is 2.34. The van der Waals surface area contributed by atoms with Crippen molar-refractivity contribution >= 4 is 34.2 Å². The number of ketones is 1. The lowest BCUT2D eigenvalue weighted by atomic mass is 9.84. The van der Waals surface area contributed by atoms with Crippen LogP contribution in [0.5, 0.6) is 0 Å². The van der Waals surface area contributed by atoms with E-state index in [0.717, 1.165) is 44.3 Å². The minimum atomic E-state index is -0.320. The van der Waals surface area contributed by atoms with Gasteiger partial charge in [0, 0.05) is 39.1 Å². The maximum atomic E-state index is 13.3. The number of hydrogen-bond donors (Lipinski definition) is 2. The first kappa shape index (κ1) is 26.2. The smallest absolute Gasteiger partial charge is 0.321 e. The number of rotatable bonds is 7. The van der Waals surface area contributed by atoms with Gasteiger partial charge in [-0.1, -0.05) is 36.3 Å². The number of nitrogens with one attached hydrogen (secondary N) is 2. The molecule has 36 heavy (non-hydrogen) atoms. The van der Waals surface area contributed by atoms with E-state index in [-0.39, 0.29) is 41.5 Å². The second kappa shape index (κ2) is 11.5. The number of piperazine rings is 1. The van der Waals surface area contributed by atoms with Gasteiger partial charge in [0.05, 0.1) is 17.1 Å². The van der Waals surface area contributed by atoms with Crippen molar-refractivity contribution in [2.75, 3.05) is 32.0 Å². The number of thiazole rings is 1. The maximum Gasteiger partial charge on any atom is 0.321 e. The number of halogens is 1. The Morgan fingerprint density at radius 1 is 1.19 bits per heavy atom. The molecule has 0 bridgehead atoms. The Morgan fingerprint density at radius 2 is 1.92 bits per heavy atom. The molecule has 2 N–H and O–H groups in total. The van der Waals surface area contributed by atoms with Crippen molar-refractivity contribution in [2.45, 2.75) is 58.0 Å². The average Bonchev–Trinajstić information content (AvgIpc) is 3.20. The fraction of sp³-hybridized carbons (Fsp3) is 0.538. The Balaban J connectivity index is 1.36. The topological polar surface area (TPSA) is 94.6 Å². The molecule has 2 aliphatic rings. The lowest BCUT2D eigenvalue weighted by Crippen LogP contribution is -2.57. The number of aryl methyl sites for hydroxylation is 1. The number of aromatic nitrogens is 1. The fourth-order valence-corrected chi connectivity index (χ4v) is 6.11. The van der Waals surface area contributed by atoms with Crippen LogP contribution in [0.25, 0.3) is 0 Å². The Hall–Kier alpha value is -2.85. The van der Waals surface area contributed by atoms with Crippen molar-refractivity contribution in [2.24, 2.45) is 5.92 Å². The molecule has 10 heteroatoms. The van der Waals surface area contributed by atoms with Gasteiger partial charge < -0.3 is 10.2 Å². The molecule has 0 unspecified atom stereocenters. The van der Waals surface area contributed by atoms with E-state index in [2.05, 4.69) is 20.5 Å². The van der Waals surface area contributed by atoms with Gasteiger partial charge in [-0.3, -0.25) is 19.8 Å². The van der Waals surface area contributed by atoms with E-state index in [1.807, 2.05) is 7.05 Å². The molecule has 2 fully saturated rings. The molecule has 3 amide bonds. The fourth-order valence-electron chi connectivity index (χ4n) is 5.25. The maximum absolute atomic E-state index is 13.3. The molecule has 3 atom stereocenters. The van der Waals surface area contributed by atoms with Crippen LogP contribution in [0, 0.1) is 18.7 Å². The van der Waals surface area contributed by atoms with E-state index in [0.29, 0.717) is 28.7 Å². The SMILES string of the molecule is CC(=O)c1sc(NC(=O)N[C@@H]2CCCC[C@H]2CN2CC(=O)N(C)[C@@H](Cc3ccc(F)cc3)C2)nc1C. The van der Waals surface area contributed by atoms with Gasteiger partial charge in [-0.15, -0.1) is 0 Å². The van der Waals surface area contributed by atoms with Gasteiger partial charge >= 0.3 is 6.03 Å². The number of Topliss-reactive ketones (excluding diaryl/α,β-unsaturated/α-hetero) is 1. The monoisotopic (exact) mass is 515 g/mol. The van der Waals surface area contributed by atoms with Gasteiger partial charge in [0.1, 0.15) is 5.82 Å². The highest BCUT2D eigenvalue weighted by Crippen LogP contribution is 2.28. The number of hydrogen-bond acceptors (Lipinski definition) is 6. The molecule has 1 aliphatic carbocycles. The zero-order valence-corrected chi connectivity index (χ0v) is 21.9. The minimum Gasteiger partial charge on any atom is -0.340 e. The molecule has 1 aromatic heterocycles. The Kier molecular flexibility index (Phi) is 8.35. The summed E-state index contributed by atoms with van der Waals surface area (Å²) < 4.78 is 13.3. The van der Waals surface area contributed by atoms with E-state index in [4.69, 9.17) is 0 Å². The summed E-state index contributed by atoms with van der Waals surface area (Å²) in [4.78, 5) is 46.0. The van der Waals surface area contributed by atoms with Crippen molar-refractivity contribution in [3.05, 3.63) is 46.2 Å². The predicted octanol–water partition coefficient (Wildman–Crippen LogP) is 3.86. The van der Waals surface area contributed by atoms with E-state index in [1.165, 1.54) is 30.4 Å². The van der Waals surface area contributed by atoms with E-state index >= 15 is 0 Å². The van der Waals surface area contributed by atoms with Crippen LogP contribution >= 0.6 is 11.3 Å².